The molecule has 0 spiro atoms. The lowest BCUT2D eigenvalue weighted by molar-refractivity contribution is 0.423. The van der Waals surface area contributed by atoms with Gasteiger partial charge in [0.05, 0.1) is 16.8 Å². The maximum atomic E-state index is 6.22. The first-order valence-corrected chi connectivity index (χ1v) is 8.39. The number of hydrogen-bond donors (Lipinski definition) is 1. The lowest BCUT2D eigenvalue weighted by Gasteiger charge is -2.15. The van der Waals surface area contributed by atoms with Crippen molar-refractivity contribution >= 4 is 22.9 Å². The van der Waals surface area contributed by atoms with Gasteiger partial charge in [0.25, 0.3) is 0 Å². The van der Waals surface area contributed by atoms with Gasteiger partial charge in [0.15, 0.2) is 0 Å². The number of rotatable bonds is 7. The molecule has 0 aliphatic rings. The van der Waals surface area contributed by atoms with Gasteiger partial charge in [-0.1, -0.05) is 25.4 Å². The molecular weight excluding hydrogens is 290 g/mol. The highest BCUT2D eigenvalue weighted by Gasteiger charge is 2.17. The van der Waals surface area contributed by atoms with Crippen LogP contribution in [0.3, 0.4) is 0 Å². The molecule has 2 heterocycles. The number of hydrogen-bond acceptors (Lipinski definition) is 3. The van der Waals surface area contributed by atoms with E-state index in [0.29, 0.717) is 6.04 Å². The second kappa shape index (κ2) is 7.25. The molecule has 0 aliphatic carbocycles. The first kappa shape index (κ1) is 15.5. The summed E-state index contributed by atoms with van der Waals surface area (Å²) in [5, 5.41) is 10.9. The highest BCUT2D eigenvalue weighted by molar-refractivity contribution is 7.10. The van der Waals surface area contributed by atoms with Gasteiger partial charge in [-0.3, -0.25) is 4.68 Å². The van der Waals surface area contributed by atoms with Crippen molar-refractivity contribution in [1.82, 2.24) is 15.1 Å². The summed E-state index contributed by atoms with van der Waals surface area (Å²) in [5.74, 6) is 0. The quantitative estimate of drug-likeness (QED) is 0.818. The Morgan fingerprint density at radius 3 is 2.65 bits per heavy atom. The Morgan fingerprint density at radius 1 is 1.35 bits per heavy atom. The van der Waals surface area contributed by atoms with Crippen LogP contribution in [-0.4, -0.2) is 16.8 Å². The third-order valence-corrected chi connectivity index (χ3v) is 5.18. The Morgan fingerprint density at radius 2 is 2.10 bits per heavy atom. The molecule has 3 nitrogen and oxygen atoms in total. The molecule has 2 aromatic heterocycles. The summed E-state index contributed by atoms with van der Waals surface area (Å²) in [7, 11) is 1.97. The van der Waals surface area contributed by atoms with Crippen molar-refractivity contribution in [3.8, 4) is 0 Å². The number of aromatic nitrogens is 2. The summed E-state index contributed by atoms with van der Waals surface area (Å²) in [6, 6.07) is 4.80. The lowest BCUT2D eigenvalue weighted by Crippen LogP contribution is -2.18. The number of halogens is 1. The summed E-state index contributed by atoms with van der Waals surface area (Å²) < 4.78 is 2.10. The minimum absolute atomic E-state index is 0.229. The molecule has 0 saturated heterocycles. The van der Waals surface area contributed by atoms with Crippen molar-refractivity contribution in [3.63, 3.8) is 0 Å². The zero-order valence-corrected chi connectivity index (χ0v) is 13.8. The predicted octanol–water partition coefficient (Wildman–Crippen LogP) is 4.46. The fourth-order valence-corrected chi connectivity index (χ4v) is 3.74. The van der Waals surface area contributed by atoms with Crippen LogP contribution in [0.25, 0.3) is 0 Å². The summed E-state index contributed by atoms with van der Waals surface area (Å²) in [6.45, 7) is 4.41. The summed E-state index contributed by atoms with van der Waals surface area (Å²) in [4.78, 5) is 1.19. The SMILES string of the molecule is CCC(CC)n1ccc(CC(NC)c2sccc2Cl)n1. The van der Waals surface area contributed by atoms with Crippen LogP contribution in [0, 0.1) is 0 Å². The highest BCUT2D eigenvalue weighted by atomic mass is 35.5. The van der Waals surface area contributed by atoms with E-state index >= 15 is 0 Å². The van der Waals surface area contributed by atoms with Crippen LogP contribution in [0.2, 0.25) is 5.02 Å². The molecule has 0 aliphatic heterocycles. The molecule has 1 unspecified atom stereocenters. The van der Waals surface area contributed by atoms with Gasteiger partial charge in [-0.05, 0) is 37.4 Å². The van der Waals surface area contributed by atoms with E-state index in [2.05, 4.69) is 36.1 Å². The molecule has 0 bridgehead atoms. The third kappa shape index (κ3) is 3.43. The molecule has 1 atom stereocenters. The van der Waals surface area contributed by atoms with E-state index in [1.165, 1.54) is 4.88 Å². The van der Waals surface area contributed by atoms with Crippen LogP contribution < -0.4 is 5.32 Å². The smallest absolute Gasteiger partial charge is 0.0644 e. The van der Waals surface area contributed by atoms with Crippen LogP contribution in [0.15, 0.2) is 23.7 Å². The van der Waals surface area contributed by atoms with Crippen molar-refractivity contribution in [3.05, 3.63) is 39.3 Å². The largest absolute Gasteiger partial charge is 0.312 e. The summed E-state index contributed by atoms with van der Waals surface area (Å²) in [5.41, 5.74) is 1.11. The average molecular weight is 312 g/mol. The van der Waals surface area contributed by atoms with Gasteiger partial charge in [-0.2, -0.15) is 5.10 Å². The number of nitrogens with one attached hydrogen (secondary N) is 1. The first-order chi connectivity index (χ1) is 9.69. The Kier molecular flexibility index (Phi) is 5.64. The van der Waals surface area contributed by atoms with Crippen LogP contribution in [0.1, 0.15) is 49.3 Å². The standard InChI is InChI=1S/C15H22ClN3S/c1-4-12(5-2)19-8-6-11(18-19)10-14(17-3)15-13(16)7-9-20-15/h6-9,12,14,17H,4-5,10H2,1-3H3. The number of nitrogens with zero attached hydrogens (tertiary/aromatic N) is 2. The number of likely N-dealkylation sites (N-methyl/N-ethyl adjacent to an activating group) is 1. The molecular formula is C15H22ClN3S. The van der Waals surface area contributed by atoms with Gasteiger partial charge in [0, 0.05) is 23.5 Å². The highest BCUT2D eigenvalue weighted by Crippen LogP contribution is 2.30. The fourth-order valence-electron chi connectivity index (χ4n) is 2.44. The van der Waals surface area contributed by atoms with Crippen LogP contribution in [0.4, 0.5) is 0 Å². The Labute approximate surface area is 130 Å². The topological polar surface area (TPSA) is 29.9 Å². The van der Waals surface area contributed by atoms with Crippen LogP contribution >= 0.6 is 22.9 Å². The number of thiophene rings is 1. The van der Waals surface area contributed by atoms with Gasteiger partial charge < -0.3 is 5.32 Å². The fraction of sp³-hybridized carbons (Fsp3) is 0.533. The monoisotopic (exact) mass is 311 g/mol. The summed E-state index contributed by atoms with van der Waals surface area (Å²) >= 11 is 7.92. The Balaban J connectivity index is 2.11. The molecule has 110 valence electrons. The average Bonchev–Trinajstić information content (AvgIpc) is 3.07. The molecule has 1 N–H and O–H groups in total. The lowest BCUT2D eigenvalue weighted by atomic mass is 10.1. The van der Waals surface area contributed by atoms with Crippen molar-refractivity contribution in [2.45, 2.75) is 45.2 Å². The predicted molar refractivity (Wildman–Crippen MR) is 86.7 cm³/mol. The second-order valence-corrected chi connectivity index (χ2v) is 6.29. The van der Waals surface area contributed by atoms with Gasteiger partial charge >= 0.3 is 0 Å². The maximum Gasteiger partial charge on any atom is 0.0644 e. The van der Waals surface area contributed by atoms with E-state index in [1.54, 1.807) is 11.3 Å². The maximum absolute atomic E-state index is 6.22. The second-order valence-electron chi connectivity index (χ2n) is 4.94. The molecule has 0 radical (unpaired) electrons. The molecule has 0 amide bonds. The zero-order chi connectivity index (χ0) is 14.5. The van der Waals surface area contributed by atoms with E-state index in [9.17, 15) is 0 Å². The molecule has 0 aromatic carbocycles. The minimum atomic E-state index is 0.229. The van der Waals surface area contributed by atoms with Crippen molar-refractivity contribution in [2.75, 3.05) is 7.05 Å². The zero-order valence-electron chi connectivity index (χ0n) is 12.3. The van der Waals surface area contributed by atoms with Gasteiger partial charge in [0.1, 0.15) is 0 Å². The van der Waals surface area contributed by atoms with Gasteiger partial charge in [-0.15, -0.1) is 11.3 Å². The molecule has 2 rings (SSSR count). The molecule has 2 aromatic rings. The van der Waals surface area contributed by atoms with Crippen LogP contribution in [0.5, 0.6) is 0 Å². The van der Waals surface area contributed by atoms with E-state index in [4.69, 9.17) is 16.7 Å². The molecule has 0 saturated carbocycles. The molecule has 20 heavy (non-hydrogen) atoms. The Bertz CT molecular complexity index is 531. The van der Waals surface area contributed by atoms with Gasteiger partial charge in [-0.25, -0.2) is 0 Å². The van der Waals surface area contributed by atoms with Crippen LogP contribution in [-0.2, 0) is 6.42 Å². The van der Waals surface area contributed by atoms with E-state index < -0.39 is 0 Å². The third-order valence-electron chi connectivity index (χ3n) is 3.70. The van der Waals surface area contributed by atoms with Crippen molar-refractivity contribution in [2.24, 2.45) is 0 Å². The van der Waals surface area contributed by atoms with Crippen molar-refractivity contribution in [1.29, 1.82) is 0 Å². The molecule has 0 fully saturated rings. The first-order valence-electron chi connectivity index (χ1n) is 7.13. The van der Waals surface area contributed by atoms with Crippen molar-refractivity contribution < 1.29 is 0 Å². The van der Waals surface area contributed by atoms with E-state index in [0.717, 1.165) is 30.0 Å². The normalized spacial score (nSPS) is 13.1. The van der Waals surface area contributed by atoms with E-state index in [1.807, 2.05) is 18.5 Å². The Hall–Kier alpha value is -0.840. The van der Waals surface area contributed by atoms with Gasteiger partial charge in [0.2, 0.25) is 0 Å². The minimum Gasteiger partial charge on any atom is -0.312 e. The summed E-state index contributed by atoms with van der Waals surface area (Å²) in [6.07, 6.45) is 5.19. The molecule has 5 heteroatoms. The van der Waals surface area contributed by atoms with E-state index in [-0.39, 0.29) is 6.04 Å².